The number of nitrogens with one attached hydrogen (secondary N) is 1. The molecule has 1 aromatic carbocycles. The molecule has 1 aromatic rings. The van der Waals surface area contributed by atoms with E-state index in [2.05, 4.69) is 33.3 Å². The number of carbonyl (C=O) groups excluding carboxylic acids is 1. The molecule has 4 fully saturated rings. The number of likely N-dealkylation sites (tertiary alicyclic amines) is 1. The average Bonchev–Trinajstić information content (AvgIpc) is 3.42. The summed E-state index contributed by atoms with van der Waals surface area (Å²) >= 11 is 0. The van der Waals surface area contributed by atoms with Crippen LogP contribution in [-0.2, 0) is 16.0 Å². The fourth-order valence-electron chi connectivity index (χ4n) is 5.63. The van der Waals surface area contributed by atoms with Crippen molar-refractivity contribution in [2.24, 2.45) is 11.8 Å². The molecular formula is C22H31N3O3. The van der Waals surface area contributed by atoms with E-state index in [1.807, 2.05) is 6.07 Å². The van der Waals surface area contributed by atoms with Crippen LogP contribution in [0.4, 0.5) is 0 Å². The number of fused-ring (bicyclic) bond motifs is 1. The lowest BCUT2D eigenvalue weighted by atomic mass is 9.96. The number of methoxy groups -OCH3 is 1. The van der Waals surface area contributed by atoms with Gasteiger partial charge in [0.25, 0.3) is 0 Å². The van der Waals surface area contributed by atoms with Gasteiger partial charge >= 0.3 is 0 Å². The summed E-state index contributed by atoms with van der Waals surface area (Å²) in [4.78, 5) is 17.6. The van der Waals surface area contributed by atoms with E-state index in [9.17, 15) is 4.79 Å². The molecule has 1 saturated carbocycles. The summed E-state index contributed by atoms with van der Waals surface area (Å²) in [7, 11) is 1.75. The lowest BCUT2D eigenvalue weighted by Gasteiger charge is -2.44. The molecular weight excluding hydrogens is 354 g/mol. The lowest BCUT2D eigenvalue weighted by Crippen LogP contribution is -2.60. The lowest BCUT2D eigenvalue weighted by molar-refractivity contribution is -0.129. The molecule has 0 bridgehead atoms. The second kappa shape index (κ2) is 7.65. The molecule has 1 amide bonds. The Morgan fingerprint density at radius 2 is 2.04 bits per heavy atom. The molecule has 1 aliphatic carbocycles. The van der Waals surface area contributed by atoms with Gasteiger partial charge in [0.15, 0.2) is 0 Å². The Kier molecular flexibility index (Phi) is 5.03. The van der Waals surface area contributed by atoms with Crippen molar-refractivity contribution in [1.29, 1.82) is 0 Å². The van der Waals surface area contributed by atoms with E-state index in [1.165, 1.54) is 12.0 Å². The van der Waals surface area contributed by atoms with Crippen molar-refractivity contribution in [1.82, 2.24) is 15.1 Å². The minimum absolute atomic E-state index is 0.154. The maximum Gasteiger partial charge on any atom is 0.222 e. The summed E-state index contributed by atoms with van der Waals surface area (Å²) in [6, 6.07) is 9.20. The predicted molar refractivity (Wildman–Crippen MR) is 106 cm³/mol. The zero-order valence-corrected chi connectivity index (χ0v) is 16.7. The van der Waals surface area contributed by atoms with E-state index in [0.717, 1.165) is 63.3 Å². The number of rotatable bonds is 5. The van der Waals surface area contributed by atoms with E-state index in [-0.39, 0.29) is 12.1 Å². The van der Waals surface area contributed by atoms with Gasteiger partial charge in [-0.25, -0.2) is 0 Å². The number of hydrogen-bond donors (Lipinski definition) is 1. The van der Waals surface area contributed by atoms with E-state index >= 15 is 0 Å². The number of benzene rings is 1. The minimum atomic E-state index is 0.154. The molecule has 5 atom stereocenters. The van der Waals surface area contributed by atoms with Crippen LogP contribution in [0.15, 0.2) is 24.3 Å². The number of nitrogens with zero attached hydrogens (tertiary/aromatic N) is 2. The molecule has 28 heavy (non-hydrogen) atoms. The molecule has 4 aliphatic rings. The molecule has 3 saturated heterocycles. The quantitative estimate of drug-likeness (QED) is 0.832. The van der Waals surface area contributed by atoms with Gasteiger partial charge in [0.1, 0.15) is 5.75 Å². The number of hydrogen-bond acceptors (Lipinski definition) is 5. The van der Waals surface area contributed by atoms with Gasteiger partial charge < -0.3 is 14.8 Å². The summed E-state index contributed by atoms with van der Waals surface area (Å²) in [6.45, 7) is 4.58. The number of morpholine rings is 1. The summed E-state index contributed by atoms with van der Waals surface area (Å²) in [5.74, 6) is 2.75. The maximum atomic E-state index is 12.5. The van der Waals surface area contributed by atoms with Crippen molar-refractivity contribution < 1.29 is 14.3 Å². The molecule has 152 valence electrons. The van der Waals surface area contributed by atoms with Crippen LogP contribution in [0.2, 0.25) is 0 Å². The SMILES string of the molecule is COc1ccccc1C[C@H]1[C@H]2C[C@H]2CN1C1CC(N2CCOCC2)CC(=O)N1. The minimum Gasteiger partial charge on any atom is -0.496 e. The zero-order chi connectivity index (χ0) is 19.1. The van der Waals surface area contributed by atoms with Crippen molar-refractivity contribution in [2.45, 2.75) is 43.9 Å². The van der Waals surface area contributed by atoms with E-state index in [0.29, 0.717) is 18.5 Å². The van der Waals surface area contributed by atoms with Crippen LogP contribution >= 0.6 is 0 Å². The van der Waals surface area contributed by atoms with Gasteiger partial charge in [0, 0.05) is 38.1 Å². The Bertz CT molecular complexity index is 721. The first-order chi connectivity index (χ1) is 13.7. The normalized spacial score (nSPS) is 36.0. The molecule has 0 aromatic heterocycles. The molecule has 0 radical (unpaired) electrons. The maximum absolute atomic E-state index is 12.5. The van der Waals surface area contributed by atoms with Gasteiger partial charge in [-0.15, -0.1) is 0 Å². The van der Waals surface area contributed by atoms with Crippen LogP contribution in [0.3, 0.4) is 0 Å². The molecule has 0 spiro atoms. The van der Waals surface area contributed by atoms with Gasteiger partial charge in [0.05, 0.1) is 26.5 Å². The number of amides is 1. The highest BCUT2D eigenvalue weighted by molar-refractivity contribution is 5.77. The third kappa shape index (κ3) is 3.53. The topological polar surface area (TPSA) is 54.0 Å². The standard InChI is InChI=1S/C22H31N3O3/c1-27-20-5-3-2-4-15(20)11-19-18-10-16(18)14-25(19)21-12-17(13-22(26)23-21)24-6-8-28-9-7-24/h2-5,16-19,21H,6-14H2,1H3,(H,23,26)/t16-,17?,18-,19-,21?/m0/s1. The van der Waals surface area contributed by atoms with Gasteiger partial charge in [0.2, 0.25) is 5.91 Å². The Morgan fingerprint density at radius 3 is 2.86 bits per heavy atom. The first-order valence-corrected chi connectivity index (χ1v) is 10.7. The van der Waals surface area contributed by atoms with Crippen molar-refractivity contribution in [2.75, 3.05) is 40.0 Å². The molecule has 3 aliphatic heterocycles. The number of carbonyl (C=O) groups is 1. The summed E-state index contributed by atoms with van der Waals surface area (Å²) in [6.07, 6.45) is 4.13. The van der Waals surface area contributed by atoms with Crippen LogP contribution in [0.1, 0.15) is 24.8 Å². The van der Waals surface area contributed by atoms with Gasteiger partial charge in [-0.1, -0.05) is 18.2 Å². The van der Waals surface area contributed by atoms with E-state index < -0.39 is 0 Å². The Morgan fingerprint density at radius 1 is 1.21 bits per heavy atom. The average molecular weight is 386 g/mol. The third-order valence-electron chi connectivity index (χ3n) is 7.17. The monoisotopic (exact) mass is 385 g/mol. The number of ether oxygens (including phenoxy) is 2. The van der Waals surface area contributed by atoms with Crippen LogP contribution in [-0.4, -0.2) is 73.9 Å². The first-order valence-electron chi connectivity index (χ1n) is 10.7. The van der Waals surface area contributed by atoms with Crippen LogP contribution in [0.5, 0.6) is 5.75 Å². The number of para-hydroxylation sites is 1. The molecule has 6 nitrogen and oxygen atoms in total. The van der Waals surface area contributed by atoms with Gasteiger partial charge in [-0.2, -0.15) is 0 Å². The van der Waals surface area contributed by atoms with Crippen molar-refractivity contribution in [3.8, 4) is 5.75 Å². The van der Waals surface area contributed by atoms with Crippen molar-refractivity contribution in [3.63, 3.8) is 0 Å². The fourth-order valence-corrected chi connectivity index (χ4v) is 5.63. The summed E-state index contributed by atoms with van der Waals surface area (Å²) < 4.78 is 11.1. The molecule has 2 unspecified atom stereocenters. The summed E-state index contributed by atoms with van der Waals surface area (Å²) in [5.41, 5.74) is 1.28. The summed E-state index contributed by atoms with van der Waals surface area (Å²) in [5, 5.41) is 3.31. The fraction of sp³-hybridized carbons (Fsp3) is 0.682. The highest BCUT2D eigenvalue weighted by Gasteiger charge is 2.54. The molecule has 6 heteroatoms. The Labute approximate surface area is 167 Å². The first kappa shape index (κ1) is 18.4. The molecule has 5 rings (SSSR count). The van der Waals surface area contributed by atoms with Gasteiger partial charge in [-0.3, -0.25) is 14.6 Å². The smallest absolute Gasteiger partial charge is 0.222 e. The van der Waals surface area contributed by atoms with Crippen LogP contribution in [0, 0.1) is 11.8 Å². The zero-order valence-electron chi connectivity index (χ0n) is 16.7. The second-order valence-corrected chi connectivity index (χ2v) is 8.77. The largest absolute Gasteiger partial charge is 0.496 e. The van der Waals surface area contributed by atoms with Crippen molar-refractivity contribution >= 4 is 5.91 Å². The van der Waals surface area contributed by atoms with E-state index in [1.54, 1.807) is 7.11 Å². The third-order valence-corrected chi connectivity index (χ3v) is 7.17. The molecule has 1 N–H and O–H groups in total. The Balaban J connectivity index is 1.32. The second-order valence-electron chi connectivity index (χ2n) is 8.77. The van der Waals surface area contributed by atoms with E-state index in [4.69, 9.17) is 9.47 Å². The highest BCUT2D eigenvalue weighted by Crippen LogP contribution is 2.51. The highest BCUT2D eigenvalue weighted by atomic mass is 16.5. The van der Waals surface area contributed by atoms with Crippen LogP contribution in [0.25, 0.3) is 0 Å². The van der Waals surface area contributed by atoms with Crippen LogP contribution < -0.4 is 10.1 Å². The Hall–Kier alpha value is -1.63. The number of piperidine rings is 2. The molecule has 3 heterocycles. The predicted octanol–water partition coefficient (Wildman–Crippen LogP) is 1.49. The van der Waals surface area contributed by atoms with Gasteiger partial charge in [-0.05, 0) is 42.7 Å². The van der Waals surface area contributed by atoms with Crippen molar-refractivity contribution in [3.05, 3.63) is 29.8 Å².